The fourth-order valence-corrected chi connectivity index (χ4v) is 1.86. The van der Waals surface area contributed by atoms with Crippen molar-refractivity contribution in [2.24, 2.45) is 0 Å². The molecule has 0 radical (unpaired) electrons. The number of hydrogen-bond acceptors (Lipinski definition) is 4. The van der Waals surface area contributed by atoms with Gasteiger partial charge < -0.3 is 19.5 Å². The van der Waals surface area contributed by atoms with Crippen LogP contribution in [-0.4, -0.2) is 33.9 Å². The molecule has 0 amide bonds. The maximum absolute atomic E-state index is 5.71. The summed E-state index contributed by atoms with van der Waals surface area (Å²) in [6.07, 6.45) is 0.0406. The summed E-state index contributed by atoms with van der Waals surface area (Å²) in [6, 6.07) is 5.77. The first kappa shape index (κ1) is 11.2. The molecule has 1 aliphatic rings. The van der Waals surface area contributed by atoms with Crippen molar-refractivity contribution in [1.82, 2.24) is 5.32 Å². The van der Waals surface area contributed by atoms with Crippen molar-refractivity contribution in [3.8, 4) is 11.5 Å². The average molecular weight is 223 g/mol. The van der Waals surface area contributed by atoms with Gasteiger partial charge in [0, 0.05) is 18.7 Å². The summed E-state index contributed by atoms with van der Waals surface area (Å²) in [5.74, 6) is 1.67. The minimum Gasteiger partial charge on any atom is -0.497 e. The number of methoxy groups -OCH3 is 2. The molecule has 0 aliphatic carbocycles. The summed E-state index contributed by atoms with van der Waals surface area (Å²) in [5.41, 5.74) is 1.04. The molecule has 1 unspecified atom stereocenters. The number of nitrogens with one attached hydrogen (secondary N) is 1. The number of hydrogen-bond donors (Lipinski definition) is 1. The van der Waals surface area contributed by atoms with Crippen molar-refractivity contribution in [2.75, 3.05) is 33.9 Å². The predicted octanol–water partition coefficient (Wildman–Crippen LogP) is 1.36. The molecule has 0 bridgehead atoms. The van der Waals surface area contributed by atoms with Gasteiger partial charge in [-0.3, -0.25) is 0 Å². The second-order valence-corrected chi connectivity index (χ2v) is 3.67. The molecule has 0 spiro atoms. The van der Waals surface area contributed by atoms with Gasteiger partial charge >= 0.3 is 0 Å². The van der Waals surface area contributed by atoms with Gasteiger partial charge in [-0.2, -0.15) is 0 Å². The summed E-state index contributed by atoms with van der Waals surface area (Å²) in [7, 11) is 3.33. The van der Waals surface area contributed by atoms with E-state index >= 15 is 0 Å². The second-order valence-electron chi connectivity index (χ2n) is 3.67. The van der Waals surface area contributed by atoms with Crippen molar-refractivity contribution in [1.29, 1.82) is 0 Å². The van der Waals surface area contributed by atoms with E-state index < -0.39 is 0 Å². The van der Waals surface area contributed by atoms with Crippen LogP contribution in [0, 0.1) is 0 Å². The molecule has 1 saturated heterocycles. The van der Waals surface area contributed by atoms with Crippen LogP contribution in [0.2, 0.25) is 0 Å². The fraction of sp³-hybridized carbons (Fsp3) is 0.500. The maximum atomic E-state index is 5.71. The Morgan fingerprint density at radius 3 is 2.81 bits per heavy atom. The largest absolute Gasteiger partial charge is 0.497 e. The van der Waals surface area contributed by atoms with E-state index in [0.717, 1.165) is 36.8 Å². The van der Waals surface area contributed by atoms with Gasteiger partial charge in [0.2, 0.25) is 0 Å². The van der Waals surface area contributed by atoms with Gasteiger partial charge in [-0.1, -0.05) is 0 Å². The van der Waals surface area contributed by atoms with Crippen LogP contribution in [0.4, 0.5) is 0 Å². The first-order valence-corrected chi connectivity index (χ1v) is 5.39. The van der Waals surface area contributed by atoms with Crippen molar-refractivity contribution in [2.45, 2.75) is 6.10 Å². The smallest absolute Gasteiger partial charge is 0.124 e. The maximum Gasteiger partial charge on any atom is 0.124 e. The van der Waals surface area contributed by atoms with Crippen molar-refractivity contribution in [3.05, 3.63) is 23.8 Å². The Morgan fingerprint density at radius 2 is 2.19 bits per heavy atom. The lowest BCUT2D eigenvalue weighted by atomic mass is 10.1. The molecule has 4 nitrogen and oxygen atoms in total. The second kappa shape index (κ2) is 5.18. The molecule has 4 heteroatoms. The van der Waals surface area contributed by atoms with Gasteiger partial charge in [0.1, 0.15) is 11.5 Å². The number of rotatable bonds is 3. The lowest BCUT2D eigenvalue weighted by Gasteiger charge is -2.25. The average Bonchev–Trinajstić information content (AvgIpc) is 2.39. The van der Waals surface area contributed by atoms with Gasteiger partial charge in [0.25, 0.3) is 0 Å². The molecule has 1 atom stereocenters. The zero-order chi connectivity index (χ0) is 11.4. The van der Waals surface area contributed by atoms with E-state index in [1.54, 1.807) is 14.2 Å². The minimum atomic E-state index is 0.0406. The molecule has 1 heterocycles. The Kier molecular flexibility index (Phi) is 3.64. The summed E-state index contributed by atoms with van der Waals surface area (Å²) in [6.45, 7) is 2.44. The summed E-state index contributed by atoms with van der Waals surface area (Å²) in [5, 5.41) is 3.30. The Morgan fingerprint density at radius 1 is 1.31 bits per heavy atom. The van der Waals surface area contributed by atoms with E-state index in [0.29, 0.717) is 0 Å². The Hall–Kier alpha value is -1.26. The van der Waals surface area contributed by atoms with E-state index in [9.17, 15) is 0 Å². The first-order valence-electron chi connectivity index (χ1n) is 5.39. The quantitative estimate of drug-likeness (QED) is 0.840. The van der Waals surface area contributed by atoms with Crippen LogP contribution in [0.1, 0.15) is 11.7 Å². The lowest BCUT2D eigenvalue weighted by Crippen LogP contribution is -2.33. The van der Waals surface area contributed by atoms with Crippen LogP contribution in [0.3, 0.4) is 0 Å². The molecule has 0 aromatic heterocycles. The van der Waals surface area contributed by atoms with Crippen LogP contribution in [0.15, 0.2) is 18.2 Å². The monoisotopic (exact) mass is 223 g/mol. The van der Waals surface area contributed by atoms with Crippen LogP contribution in [0.25, 0.3) is 0 Å². The summed E-state index contributed by atoms with van der Waals surface area (Å²) < 4.78 is 16.3. The van der Waals surface area contributed by atoms with Gasteiger partial charge in [0.05, 0.1) is 26.9 Å². The van der Waals surface area contributed by atoms with Crippen LogP contribution in [0.5, 0.6) is 11.5 Å². The minimum absolute atomic E-state index is 0.0406. The molecule has 0 saturated carbocycles. The zero-order valence-electron chi connectivity index (χ0n) is 9.66. The highest BCUT2D eigenvalue weighted by Gasteiger charge is 2.20. The zero-order valence-corrected chi connectivity index (χ0v) is 9.66. The van der Waals surface area contributed by atoms with Gasteiger partial charge in [-0.05, 0) is 18.2 Å². The highest BCUT2D eigenvalue weighted by atomic mass is 16.5. The van der Waals surface area contributed by atoms with E-state index in [1.807, 2.05) is 18.2 Å². The molecular formula is C12H17NO3. The van der Waals surface area contributed by atoms with Gasteiger partial charge in [-0.25, -0.2) is 0 Å². The van der Waals surface area contributed by atoms with E-state index in [1.165, 1.54) is 0 Å². The normalized spacial score (nSPS) is 20.5. The van der Waals surface area contributed by atoms with Gasteiger partial charge in [-0.15, -0.1) is 0 Å². The molecule has 1 N–H and O–H groups in total. The highest BCUT2D eigenvalue weighted by Crippen LogP contribution is 2.31. The Balaban J connectivity index is 2.27. The number of benzene rings is 1. The summed E-state index contributed by atoms with van der Waals surface area (Å²) >= 11 is 0. The molecule has 16 heavy (non-hydrogen) atoms. The summed E-state index contributed by atoms with van der Waals surface area (Å²) in [4.78, 5) is 0. The molecule has 2 rings (SSSR count). The predicted molar refractivity (Wildman–Crippen MR) is 61.1 cm³/mol. The fourth-order valence-electron chi connectivity index (χ4n) is 1.86. The Labute approximate surface area is 95.5 Å². The van der Waals surface area contributed by atoms with E-state index in [-0.39, 0.29) is 6.10 Å². The number of morpholine rings is 1. The van der Waals surface area contributed by atoms with E-state index in [2.05, 4.69) is 5.32 Å². The van der Waals surface area contributed by atoms with Crippen LogP contribution in [-0.2, 0) is 4.74 Å². The van der Waals surface area contributed by atoms with Crippen molar-refractivity contribution in [3.63, 3.8) is 0 Å². The van der Waals surface area contributed by atoms with Crippen LogP contribution < -0.4 is 14.8 Å². The lowest BCUT2D eigenvalue weighted by molar-refractivity contribution is 0.0261. The third-order valence-corrected chi connectivity index (χ3v) is 2.71. The topological polar surface area (TPSA) is 39.7 Å². The third kappa shape index (κ3) is 2.28. The molecule has 1 aromatic carbocycles. The Bertz CT molecular complexity index is 348. The molecule has 1 fully saturated rings. The SMILES string of the molecule is COc1ccc(OC)c(C2CNCCO2)c1. The molecule has 1 aromatic rings. The molecule has 88 valence electrons. The van der Waals surface area contributed by atoms with E-state index in [4.69, 9.17) is 14.2 Å². The number of ether oxygens (including phenoxy) is 3. The molecule has 1 aliphatic heterocycles. The molecular weight excluding hydrogens is 206 g/mol. The first-order chi connectivity index (χ1) is 7.85. The van der Waals surface area contributed by atoms with Crippen LogP contribution >= 0.6 is 0 Å². The third-order valence-electron chi connectivity index (χ3n) is 2.71. The standard InChI is InChI=1S/C12H17NO3/c1-14-9-3-4-11(15-2)10(7-9)12-8-13-5-6-16-12/h3-4,7,12-13H,5-6,8H2,1-2H3. The van der Waals surface area contributed by atoms with Gasteiger partial charge in [0.15, 0.2) is 0 Å². The highest BCUT2D eigenvalue weighted by molar-refractivity contribution is 5.42. The van der Waals surface area contributed by atoms with Crippen molar-refractivity contribution >= 4 is 0 Å². The van der Waals surface area contributed by atoms with Crippen molar-refractivity contribution < 1.29 is 14.2 Å².